The van der Waals surface area contributed by atoms with Crippen LogP contribution in [-0.2, 0) is 4.79 Å². The molecule has 0 bridgehead atoms. The van der Waals surface area contributed by atoms with Crippen LogP contribution in [0.5, 0.6) is 0 Å². The Bertz CT molecular complexity index is 472. The zero-order valence-corrected chi connectivity index (χ0v) is 10.2. The quantitative estimate of drug-likeness (QED) is 0.862. The van der Waals surface area contributed by atoms with Crippen molar-refractivity contribution >= 4 is 5.91 Å². The van der Waals surface area contributed by atoms with Crippen LogP contribution in [0.3, 0.4) is 0 Å². The molecule has 2 rings (SSSR count). The van der Waals surface area contributed by atoms with E-state index in [1.165, 1.54) is 6.07 Å². The molecule has 1 unspecified atom stereocenters. The number of nitrogens with two attached hydrogens (primary N) is 1. The number of hydrogen-bond donors (Lipinski definition) is 2. The van der Waals surface area contributed by atoms with Crippen molar-refractivity contribution in [1.29, 1.82) is 0 Å². The average molecular weight is 254 g/mol. The molecule has 0 radical (unpaired) electrons. The molecule has 0 aliphatic heterocycles. The fourth-order valence-electron chi connectivity index (χ4n) is 1.89. The highest BCUT2D eigenvalue weighted by Crippen LogP contribution is 2.45. The van der Waals surface area contributed by atoms with E-state index in [-0.39, 0.29) is 11.9 Å². The molecule has 0 saturated heterocycles. The number of carbonyl (C=O) groups is 1. The van der Waals surface area contributed by atoms with Crippen LogP contribution in [0.4, 0.5) is 8.78 Å². The van der Waals surface area contributed by atoms with Crippen molar-refractivity contribution in [2.45, 2.75) is 25.8 Å². The van der Waals surface area contributed by atoms with E-state index in [0.29, 0.717) is 12.1 Å². The monoisotopic (exact) mass is 254 g/mol. The third-order valence-electron chi connectivity index (χ3n) is 3.52. The maximum absolute atomic E-state index is 13.1. The molecule has 98 valence electrons. The van der Waals surface area contributed by atoms with E-state index in [9.17, 15) is 13.6 Å². The Morgan fingerprint density at radius 3 is 2.61 bits per heavy atom. The first-order valence-corrected chi connectivity index (χ1v) is 5.94. The molecule has 0 heterocycles. The molecule has 0 spiro atoms. The molecule has 5 heteroatoms. The fraction of sp³-hybridized carbons (Fsp3) is 0.462. The van der Waals surface area contributed by atoms with Crippen molar-refractivity contribution in [3.8, 4) is 0 Å². The van der Waals surface area contributed by atoms with Crippen molar-refractivity contribution in [3.05, 3.63) is 35.4 Å². The van der Waals surface area contributed by atoms with Crippen LogP contribution in [0.1, 0.15) is 31.4 Å². The number of amides is 1. The summed E-state index contributed by atoms with van der Waals surface area (Å²) in [5.41, 5.74) is 5.66. The fourth-order valence-corrected chi connectivity index (χ4v) is 1.89. The molecule has 1 atom stereocenters. The van der Waals surface area contributed by atoms with Crippen molar-refractivity contribution in [1.82, 2.24) is 5.32 Å². The normalized spacial score (nSPS) is 18.2. The molecule has 1 aromatic rings. The van der Waals surface area contributed by atoms with Gasteiger partial charge in [-0.05, 0) is 37.5 Å². The third kappa shape index (κ3) is 2.36. The molecule has 1 fully saturated rings. The lowest BCUT2D eigenvalue weighted by atomic mass is 10.0. The molecular formula is C13H16F2N2O. The molecule has 1 amide bonds. The molecule has 18 heavy (non-hydrogen) atoms. The Morgan fingerprint density at radius 1 is 1.44 bits per heavy atom. The first-order valence-electron chi connectivity index (χ1n) is 5.94. The Hall–Kier alpha value is -1.49. The summed E-state index contributed by atoms with van der Waals surface area (Å²) in [7, 11) is 0. The van der Waals surface area contributed by atoms with Crippen LogP contribution in [0.2, 0.25) is 0 Å². The molecule has 1 aliphatic rings. The minimum atomic E-state index is -0.909. The van der Waals surface area contributed by atoms with Crippen molar-refractivity contribution in [2.24, 2.45) is 11.1 Å². The summed E-state index contributed by atoms with van der Waals surface area (Å²) >= 11 is 0. The largest absolute Gasteiger partial charge is 0.349 e. The summed E-state index contributed by atoms with van der Waals surface area (Å²) < 4.78 is 25.9. The maximum Gasteiger partial charge on any atom is 0.227 e. The van der Waals surface area contributed by atoms with Gasteiger partial charge in [0.25, 0.3) is 0 Å². The van der Waals surface area contributed by atoms with E-state index in [0.717, 1.165) is 25.0 Å². The summed E-state index contributed by atoms with van der Waals surface area (Å²) in [6.45, 7) is 2.06. The molecule has 0 aromatic heterocycles. The zero-order valence-electron chi connectivity index (χ0n) is 10.2. The second kappa shape index (κ2) is 4.65. The Balaban J connectivity index is 2.05. The maximum atomic E-state index is 13.1. The summed E-state index contributed by atoms with van der Waals surface area (Å²) in [5, 5.41) is 2.79. The SMILES string of the molecule is CC(NC(=O)C1(CN)CC1)c1ccc(F)c(F)c1. The average Bonchev–Trinajstić information content (AvgIpc) is 3.13. The van der Waals surface area contributed by atoms with Gasteiger partial charge in [0.2, 0.25) is 5.91 Å². The minimum Gasteiger partial charge on any atom is -0.349 e. The van der Waals surface area contributed by atoms with Gasteiger partial charge >= 0.3 is 0 Å². The highest BCUT2D eigenvalue weighted by Gasteiger charge is 2.48. The summed E-state index contributed by atoms with van der Waals surface area (Å²) in [6.07, 6.45) is 1.58. The van der Waals surface area contributed by atoms with E-state index in [1.807, 2.05) is 0 Å². The smallest absolute Gasteiger partial charge is 0.227 e. The predicted molar refractivity (Wildman–Crippen MR) is 63.6 cm³/mol. The second-order valence-electron chi connectivity index (χ2n) is 4.85. The lowest BCUT2D eigenvalue weighted by Gasteiger charge is -2.18. The standard InChI is InChI=1S/C13H16F2N2O/c1-8(9-2-3-10(14)11(15)6-9)17-12(18)13(7-16)4-5-13/h2-3,6,8H,4-5,7,16H2,1H3,(H,17,18). The van der Waals surface area contributed by atoms with E-state index in [1.54, 1.807) is 6.92 Å². The Morgan fingerprint density at radius 2 is 2.11 bits per heavy atom. The zero-order chi connectivity index (χ0) is 13.3. The van der Waals surface area contributed by atoms with Gasteiger partial charge in [-0.1, -0.05) is 6.07 Å². The molecule has 3 nitrogen and oxygen atoms in total. The Labute approximate surface area is 104 Å². The predicted octanol–water partition coefficient (Wildman–Crippen LogP) is 1.88. The van der Waals surface area contributed by atoms with E-state index in [2.05, 4.69) is 5.32 Å². The van der Waals surface area contributed by atoms with Crippen LogP contribution in [0.15, 0.2) is 18.2 Å². The van der Waals surface area contributed by atoms with Gasteiger partial charge in [-0.25, -0.2) is 8.78 Å². The van der Waals surface area contributed by atoms with Crippen molar-refractivity contribution in [3.63, 3.8) is 0 Å². The highest BCUT2D eigenvalue weighted by molar-refractivity contribution is 5.85. The van der Waals surface area contributed by atoms with Crippen LogP contribution in [0.25, 0.3) is 0 Å². The van der Waals surface area contributed by atoms with Crippen LogP contribution >= 0.6 is 0 Å². The number of nitrogens with one attached hydrogen (secondary N) is 1. The van der Waals surface area contributed by atoms with Gasteiger partial charge in [-0.2, -0.15) is 0 Å². The number of hydrogen-bond acceptors (Lipinski definition) is 2. The van der Waals surface area contributed by atoms with E-state index >= 15 is 0 Å². The summed E-state index contributed by atoms with van der Waals surface area (Å²) in [6, 6.07) is 3.26. The molecule has 1 saturated carbocycles. The van der Waals surface area contributed by atoms with Gasteiger partial charge in [0.05, 0.1) is 11.5 Å². The molecule has 1 aromatic carbocycles. The van der Waals surface area contributed by atoms with Gasteiger partial charge < -0.3 is 11.1 Å². The number of benzene rings is 1. The lowest BCUT2D eigenvalue weighted by Crippen LogP contribution is -2.37. The summed E-state index contributed by atoms with van der Waals surface area (Å²) in [5.74, 6) is -1.91. The number of halogens is 2. The van der Waals surface area contributed by atoms with Gasteiger partial charge in [0.15, 0.2) is 11.6 Å². The number of carbonyl (C=O) groups excluding carboxylic acids is 1. The van der Waals surface area contributed by atoms with Crippen molar-refractivity contribution in [2.75, 3.05) is 6.54 Å². The van der Waals surface area contributed by atoms with E-state index in [4.69, 9.17) is 5.73 Å². The molecule has 3 N–H and O–H groups in total. The van der Waals surface area contributed by atoms with Crippen molar-refractivity contribution < 1.29 is 13.6 Å². The van der Waals surface area contributed by atoms with Crippen LogP contribution < -0.4 is 11.1 Å². The molecular weight excluding hydrogens is 238 g/mol. The second-order valence-corrected chi connectivity index (χ2v) is 4.85. The minimum absolute atomic E-state index is 0.109. The Kier molecular flexibility index (Phi) is 3.34. The number of rotatable bonds is 4. The highest BCUT2D eigenvalue weighted by atomic mass is 19.2. The van der Waals surface area contributed by atoms with E-state index < -0.39 is 17.0 Å². The lowest BCUT2D eigenvalue weighted by molar-refractivity contribution is -0.126. The van der Waals surface area contributed by atoms with Gasteiger partial charge in [-0.3, -0.25) is 4.79 Å². The molecule has 1 aliphatic carbocycles. The van der Waals surface area contributed by atoms with Crippen LogP contribution in [-0.4, -0.2) is 12.5 Å². The van der Waals surface area contributed by atoms with Crippen LogP contribution in [0, 0.1) is 17.0 Å². The first kappa shape index (κ1) is 13.0. The van der Waals surface area contributed by atoms with Gasteiger partial charge in [0.1, 0.15) is 0 Å². The first-order chi connectivity index (χ1) is 8.48. The van der Waals surface area contributed by atoms with Gasteiger partial charge in [0, 0.05) is 6.54 Å². The third-order valence-corrected chi connectivity index (χ3v) is 3.52. The summed E-state index contributed by atoms with van der Waals surface area (Å²) in [4.78, 5) is 11.9. The van der Waals surface area contributed by atoms with Gasteiger partial charge in [-0.15, -0.1) is 0 Å². The topological polar surface area (TPSA) is 55.1 Å².